The van der Waals surface area contributed by atoms with E-state index in [4.69, 9.17) is 0 Å². The zero-order valence-corrected chi connectivity index (χ0v) is 34.4. The fourth-order valence-corrected chi connectivity index (χ4v) is 11.8. The summed E-state index contributed by atoms with van der Waals surface area (Å²) in [5, 5.41) is 2.55. The Hall–Kier alpha value is -7.00. The molecule has 9 aromatic carbocycles. The molecule has 0 radical (unpaired) electrons. The standard InChI is InChI=1S/C58H41NS/c1-57(2)47-24-12-11-23-45(47)55-50(57)27-15-28-51(55)59(42-34-31-39(32-35-42)38-17-5-3-6-18-38)52-29-16-30-54-56(52)46-37-41(33-36-53(46)60-54)58(40-19-7-4-8-20-40)48-25-13-9-21-43(48)44-22-10-14-26-49(44)58/h3-37H,1-2H3. The van der Waals surface area contributed by atoms with Crippen LogP contribution >= 0.6 is 11.3 Å². The molecule has 60 heavy (non-hydrogen) atoms. The predicted molar refractivity (Wildman–Crippen MR) is 254 cm³/mol. The zero-order valence-electron chi connectivity index (χ0n) is 33.6. The van der Waals surface area contributed by atoms with Gasteiger partial charge in [-0.3, -0.25) is 0 Å². The van der Waals surface area contributed by atoms with Crippen molar-refractivity contribution in [3.05, 3.63) is 246 Å². The largest absolute Gasteiger partial charge is 0.309 e. The number of hydrogen-bond acceptors (Lipinski definition) is 2. The molecule has 10 aromatic rings. The van der Waals surface area contributed by atoms with E-state index in [2.05, 4.69) is 231 Å². The lowest BCUT2D eigenvalue weighted by molar-refractivity contribution is 0.660. The Bertz CT molecular complexity index is 3240. The molecule has 1 aromatic heterocycles. The fourth-order valence-electron chi connectivity index (χ4n) is 10.7. The molecule has 0 atom stereocenters. The van der Waals surface area contributed by atoms with Crippen LogP contribution in [0.15, 0.2) is 212 Å². The highest BCUT2D eigenvalue weighted by atomic mass is 32.1. The van der Waals surface area contributed by atoms with Crippen molar-refractivity contribution in [2.45, 2.75) is 24.7 Å². The molecule has 0 unspecified atom stereocenters. The van der Waals surface area contributed by atoms with Crippen molar-refractivity contribution in [3.8, 4) is 33.4 Å². The molecular formula is C58H41NS. The van der Waals surface area contributed by atoms with Crippen LogP contribution < -0.4 is 4.90 Å². The van der Waals surface area contributed by atoms with Crippen LogP contribution in [0.2, 0.25) is 0 Å². The summed E-state index contributed by atoms with van der Waals surface area (Å²) in [6, 6.07) is 79.2. The molecule has 0 N–H and O–H groups in total. The van der Waals surface area contributed by atoms with Gasteiger partial charge in [0.1, 0.15) is 0 Å². The fraction of sp³-hybridized carbons (Fsp3) is 0.0690. The van der Waals surface area contributed by atoms with Gasteiger partial charge in [-0.1, -0.05) is 184 Å². The molecule has 1 heterocycles. The Morgan fingerprint density at radius 3 is 1.68 bits per heavy atom. The second-order valence-corrected chi connectivity index (χ2v) is 17.9. The molecular weight excluding hydrogens is 743 g/mol. The van der Waals surface area contributed by atoms with Crippen LogP contribution in [0.1, 0.15) is 47.2 Å². The quantitative estimate of drug-likeness (QED) is 0.162. The molecule has 1 nitrogen and oxygen atoms in total. The van der Waals surface area contributed by atoms with Crippen molar-refractivity contribution in [1.82, 2.24) is 0 Å². The molecule has 0 amide bonds. The smallest absolute Gasteiger partial charge is 0.0713 e. The van der Waals surface area contributed by atoms with E-state index in [1.54, 1.807) is 0 Å². The van der Waals surface area contributed by atoms with Gasteiger partial charge in [0.25, 0.3) is 0 Å². The molecule has 2 aliphatic rings. The lowest BCUT2D eigenvalue weighted by Gasteiger charge is -2.34. The van der Waals surface area contributed by atoms with E-state index in [-0.39, 0.29) is 5.41 Å². The minimum Gasteiger partial charge on any atom is -0.309 e. The first-order chi connectivity index (χ1) is 29.5. The Morgan fingerprint density at radius 2 is 0.967 bits per heavy atom. The third kappa shape index (κ3) is 4.92. The third-order valence-corrected chi connectivity index (χ3v) is 14.5. The monoisotopic (exact) mass is 783 g/mol. The van der Waals surface area contributed by atoms with Gasteiger partial charge in [-0.05, 0) is 104 Å². The van der Waals surface area contributed by atoms with Crippen molar-refractivity contribution < 1.29 is 0 Å². The average Bonchev–Trinajstić information content (AvgIpc) is 3.92. The Labute approximate surface area is 355 Å². The van der Waals surface area contributed by atoms with Gasteiger partial charge in [0, 0.05) is 36.8 Å². The first-order valence-electron chi connectivity index (χ1n) is 20.9. The van der Waals surface area contributed by atoms with Crippen LogP contribution in [0.3, 0.4) is 0 Å². The highest BCUT2D eigenvalue weighted by molar-refractivity contribution is 7.26. The van der Waals surface area contributed by atoms with Gasteiger partial charge in [0.05, 0.1) is 16.8 Å². The van der Waals surface area contributed by atoms with Crippen molar-refractivity contribution in [3.63, 3.8) is 0 Å². The summed E-state index contributed by atoms with van der Waals surface area (Å²) in [7, 11) is 0. The van der Waals surface area contributed by atoms with Crippen molar-refractivity contribution >= 4 is 48.6 Å². The van der Waals surface area contributed by atoms with Crippen LogP contribution in [-0.4, -0.2) is 0 Å². The summed E-state index contributed by atoms with van der Waals surface area (Å²) < 4.78 is 2.56. The highest BCUT2D eigenvalue weighted by Gasteiger charge is 2.46. The molecule has 2 aliphatic carbocycles. The molecule has 0 fully saturated rings. The number of nitrogens with zero attached hydrogens (tertiary/aromatic N) is 1. The third-order valence-electron chi connectivity index (χ3n) is 13.4. The van der Waals surface area contributed by atoms with Crippen LogP contribution in [0.25, 0.3) is 53.6 Å². The Kier molecular flexibility index (Phi) is 7.73. The number of rotatable bonds is 6. The summed E-state index contributed by atoms with van der Waals surface area (Å²) in [6.45, 7) is 4.74. The summed E-state index contributed by atoms with van der Waals surface area (Å²) in [6.07, 6.45) is 0. The van der Waals surface area contributed by atoms with Crippen molar-refractivity contribution in [1.29, 1.82) is 0 Å². The van der Waals surface area contributed by atoms with Gasteiger partial charge < -0.3 is 4.90 Å². The summed E-state index contributed by atoms with van der Waals surface area (Å²) in [5.41, 5.74) is 18.5. The number of thiophene rings is 1. The van der Waals surface area contributed by atoms with Gasteiger partial charge in [0.15, 0.2) is 0 Å². The molecule has 0 saturated heterocycles. The van der Waals surface area contributed by atoms with E-state index in [0.717, 1.165) is 5.69 Å². The van der Waals surface area contributed by atoms with E-state index < -0.39 is 5.41 Å². The normalized spacial score (nSPS) is 14.1. The number of hydrogen-bond donors (Lipinski definition) is 0. The summed E-state index contributed by atoms with van der Waals surface area (Å²) in [4.78, 5) is 2.54. The van der Waals surface area contributed by atoms with Gasteiger partial charge >= 0.3 is 0 Å². The van der Waals surface area contributed by atoms with Crippen molar-refractivity contribution in [2.24, 2.45) is 0 Å². The van der Waals surface area contributed by atoms with Gasteiger partial charge in [0.2, 0.25) is 0 Å². The number of fused-ring (bicyclic) bond motifs is 9. The van der Waals surface area contributed by atoms with E-state index >= 15 is 0 Å². The average molecular weight is 784 g/mol. The topological polar surface area (TPSA) is 3.24 Å². The molecule has 0 saturated carbocycles. The predicted octanol–water partition coefficient (Wildman–Crippen LogP) is 15.9. The molecule has 0 spiro atoms. The highest BCUT2D eigenvalue weighted by Crippen LogP contribution is 2.58. The molecule has 0 bridgehead atoms. The van der Waals surface area contributed by atoms with E-state index in [0.29, 0.717) is 0 Å². The number of benzene rings is 9. The molecule has 284 valence electrons. The zero-order chi connectivity index (χ0) is 40.0. The maximum absolute atomic E-state index is 2.54. The summed E-state index contributed by atoms with van der Waals surface area (Å²) >= 11 is 1.89. The minimum absolute atomic E-state index is 0.125. The first kappa shape index (κ1) is 35.0. The second-order valence-electron chi connectivity index (χ2n) is 16.8. The van der Waals surface area contributed by atoms with E-state index in [1.165, 1.54) is 98.3 Å². The number of anilines is 3. The molecule has 0 aliphatic heterocycles. The van der Waals surface area contributed by atoms with Crippen molar-refractivity contribution in [2.75, 3.05) is 4.90 Å². The van der Waals surface area contributed by atoms with E-state index in [9.17, 15) is 0 Å². The second kappa shape index (κ2) is 13.3. The first-order valence-corrected chi connectivity index (χ1v) is 21.7. The molecule has 2 heteroatoms. The lowest BCUT2D eigenvalue weighted by Crippen LogP contribution is -2.28. The van der Waals surface area contributed by atoms with Crippen LogP contribution in [0.5, 0.6) is 0 Å². The van der Waals surface area contributed by atoms with Crippen LogP contribution in [0, 0.1) is 0 Å². The van der Waals surface area contributed by atoms with Gasteiger partial charge in [-0.15, -0.1) is 11.3 Å². The Balaban J connectivity index is 1.14. The molecule has 12 rings (SSSR count). The van der Waals surface area contributed by atoms with Crippen LogP contribution in [-0.2, 0) is 10.8 Å². The lowest BCUT2D eigenvalue weighted by atomic mass is 9.67. The maximum atomic E-state index is 2.54. The Morgan fingerprint density at radius 1 is 0.400 bits per heavy atom. The SMILES string of the molecule is CC1(C)c2ccccc2-c2c(N(c3ccc(-c4ccccc4)cc3)c3cccc4sc5ccc(C6(c7ccccc7)c7ccccc7-c7ccccc76)cc5c34)cccc21. The summed E-state index contributed by atoms with van der Waals surface area (Å²) in [5.74, 6) is 0. The van der Waals surface area contributed by atoms with E-state index in [1.807, 2.05) is 11.3 Å². The minimum atomic E-state index is -0.478. The van der Waals surface area contributed by atoms with Crippen LogP contribution in [0.4, 0.5) is 17.1 Å². The maximum Gasteiger partial charge on any atom is 0.0713 e. The van der Waals surface area contributed by atoms with Gasteiger partial charge in [-0.25, -0.2) is 0 Å². The van der Waals surface area contributed by atoms with Gasteiger partial charge in [-0.2, -0.15) is 0 Å².